The van der Waals surface area contributed by atoms with Gasteiger partial charge < -0.3 is 4.74 Å². The first-order chi connectivity index (χ1) is 12.8. The molecule has 0 bridgehead atoms. The quantitative estimate of drug-likeness (QED) is 0.614. The molecule has 0 saturated carbocycles. The Bertz CT molecular complexity index is 1050. The summed E-state index contributed by atoms with van der Waals surface area (Å²) in [4.78, 5) is 31.4. The van der Waals surface area contributed by atoms with Gasteiger partial charge in [0.1, 0.15) is 23.0 Å². The monoisotopic (exact) mass is 388 g/mol. The minimum Gasteiger partial charge on any atom is -0.461 e. The fraction of sp³-hybridized carbons (Fsp3) is 0.350. The number of ether oxygens (including phenoxy) is 1. The van der Waals surface area contributed by atoms with Gasteiger partial charge in [-0.1, -0.05) is 19.1 Å². The van der Waals surface area contributed by atoms with Crippen LogP contribution in [0.4, 0.5) is 4.39 Å². The fourth-order valence-electron chi connectivity index (χ4n) is 2.92. The molecule has 0 fully saturated rings. The zero-order valence-electron chi connectivity index (χ0n) is 15.7. The number of halogens is 1. The Hall–Kier alpha value is -2.54. The van der Waals surface area contributed by atoms with Gasteiger partial charge >= 0.3 is 5.97 Å². The molecule has 1 unspecified atom stereocenters. The summed E-state index contributed by atoms with van der Waals surface area (Å²) in [6.07, 6.45) is 0.499. The summed E-state index contributed by atoms with van der Waals surface area (Å²) < 4.78 is 19.9. The fourth-order valence-corrected chi connectivity index (χ4v) is 4.00. The van der Waals surface area contributed by atoms with Crippen molar-refractivity contribution >= 4 is 27.5 Å². The van der Waals surface area contributed by atoms with Crippen molar-refractivity contribution in [3.05, 3.63) is 51.1 Å². The molecule has 1 atom stereocenters. The highest BCUT2D eigenvalue weighted by Crippen LogP contribution is 2.35. The number of rotatable bonds is 5. The molecule has 0 saturated heterocycles. The first-order valence-corrected chi connectivity index (χ1v) is 9.59. The van der Waals surface area contributed by atoms with Gasteiger partial charge in [-0.3, -0.25) is 14.2 Å². The highest BCUT2D eigenvalue weighted by atomic mass is 32.1. The molecule has 7 heteroatoms. The van der Waals surface area contributed by atoms with Crippen LogP contribution in [0.15, 0.2) is 29.1 Å². The SMILES string of the molecule is CCC(C)OC(=O)Cn1c(C)nc2sc(C)c(-c3ccc(F)cc3)c2c1=O. The van der Waals surface area contributed by atoms with Crippen LogP contribution in [0.2, 0.25) is 0 Å². The Kier molecular flexibility index (Phi) is 5.41. The lowest BCUT2D eigenvalue weighted by Crippen LogP contribution is -2.29. The summed E-state index contributed by atoms with van der Waals surface area (Å²) in [5.74, 6) is -0.346. The van der Waals surface area contributed by atoms with E-state index in [1.807, 2.05) is 20.8 Å². The number of carbonyl (C=O) groups is 1. The van der Waals surface area contributed by atoms with E-state index in [1.165, 1.54) is 28.0 Å². The van der Waals surface area contributed by atoms with E-state index in [9.17, 15) is 14.0 Å². The number of nitrogens with zero attached hydrogens (tertiary/aromatic N) is 2. The van der Waals surface area contributed by atoms with Crippen molar-refractivity contribution in [1.82, 2.24) is 9.55 Å². The number of hydrogen-bond acceptors (Lipinski definition) is 5. The smallest absolute Gasteiger partial charge is 0.326 e. The molecule has 2 heterocycles. The molecule has 3 aromatic rings. The molecule has 2 aromatic heterocycles. The van der Waals surface area contributed by atoms with Crippen molar-refractivity contribution in [3.8, 4) is 11.1 Å². The van der Waals surface area contributed by atoms with Crippen molar-refractivity contribution < 1.29 is 13.9 Å². The summed E-state index contributed by atoms with van der Waals surface area (Å²) in [5, 5.41) is 0.450. The zero-order chi connectivity index (χ0) is 19.7. The predicted molar refractivity (Wildman–Crippen MR) is 105 cm³/mol. The van der Waals surface area contributed by atoms with Crippen LogP contribution in [0.25, 0.3) is 21.3 Å². The van der Waals surface area contributed by atoms with E-state index in [2.05, 4.69) is 4.98 Å². The molecule has 0 spiro atoms. The average Bonchev–Trinajstić information content (AvgIpc) is 2.95. The molecule has 0 aliphatic rings. The second-order valence-electron chi connectivity index (χ2n) is 6.48. The van der Waals surface area contributed by atoms with Gasteiger partial charge in [0.25, 0.3) is 5.56 Å². The molecule has 5 nitrogen and oxygen atoms in total. The van der Waals surface area contributed by atoms with Crippen LogP contribution in [-0.4, -0.2) is 21.6 Å². The van der Waals surface area contributed by atoms with Crippen LogP contribution >= 0.6 is 11.3 Å². The van der Waals surface area contributed by atoms with Gasteiger partial charge in [-0.05, 0) is 44.9 Å². The Morgan fingerprint density at radius 2 is 1.96 bits per heavy atom. The molecule has 0 aliphatic carbocycles. The van der Waals surface area contributed by atoms with E-state index in [4.69, 9.17) is 4.74 Å². The van der Waals surface area contributed by atoms with Crippen LogP contribution in [0.1, 0.15) is 31.0 Å². The van der Waals surface area contributed by atoms with Crippen molar-refractivity contribution in [1.29, 1.82) is 0 Å². The third kappa shape index (κ3) is 3.78. The van der Waals surface area contributed by atoms with Gasteiger partial charge in [0.05, 0.1) is 11.5 Å². The molecule has 0 aliphatic heterocycles. The number of aromatic nitrogens is 2. The van der Waals surface area contributed by atoms with Gasteiger partial charge in [0.15, 0.2) is 0 Å². The van der Waals surface area contributed by atoms with Crippen molar-refractivity contribution in [2.75, 3.05) is 0 Å². The molecule has 0 amide bonds. The largest absolute Gasteiger partial charge is 0.461 e. The number of hydrogen-bond donors (Lipinski definition) is 0. The van der Waals surface area contributed by atoms with Crippen molar-refractivity contribution in [3.63, 3.8) is 0 Å². The summed E-state index contributed by atoms with van der Waals surface area (Å²) >= 11 is 1.41. The van der Waals surface area contributed by atoms with Gasteiger partial charge in [-0.25, -0.2) is 9.37 Å². The van der Waals surface area contributed by atoms with Crippen molar-refractivity contribution in [2.24, 2.45) is 0 Å². The van der Waals surface area contributed by atoms with E-state index in [1.54, 1.807) is 19.1 Å². The van der Waals surface area contributed by atoms with Crippen LogP contribution in [0.3, 0.4) is 0 Å². The van der Waals surface area contributed by atoms with Crippen LogP contribution in [0.5, 0.6) is 0 Å². The first-order valence-electron chi connectivity index (χ1n) is 8.77. The number of carbonyl (C=O) groups excluding carboxylic acids is 1. The van der Waals surface area contributed by atoms with Crippen LogP contribution in [-0.2, 0) is 16.1 Å². The second-order valence-corrected chi connectivity index (χ2v) is 7.68. The zero-order valence-corrected chi connectivity index (χ0v) is 16.5. The van der Waals surface area contributed by atoms with Gasteiger partial charge in [-0.15, -0.1) is 11.3 Å². The molecular formula is C20H21FN2O3S. The van der Waals surface area contributed by atoms with E-state index in [-0.39, 0.29) is 24.0 Å². The lowest BCUT2D eigenvalue weighted by molar-refractivity contribution is -0.149. The molecule has 0 N–H and O–H groups in total. The number of thiophene rings is 1. The minimum absolute atomic E-state index is 0.185. The molecule has 0 radical (unpaired) electrons. The van der Waals surface area contributed by atoms with Gasteiger partial charge in [-0.2, -0.15) is 0 Å². The summed E-state index contributed by atoms with van der Waals surface area (Å²) in [7, 11) is 0. The normalized spacial score (nSPS) is 12.3. The molecule has 27 heavy (non-hydrogen) atoms. The van der Waals surface area contributed by atoms with E-state index < -0.39 is 5.97 Å². The Morgan fingerprint density at radius 1 is 1.30 bits per heavy atom. The third-order valence-corrected chi connectivity index (χ3v) is 5.51. The van der Waals surface area contributed by atoms with Crippen LogP contribution in [0, 0.1) is 19.7 Å². The maximum Gasteiger partial charge on any atom is 0.326 e. The third-order valence-electron chi connectivity index (χ3n) is 4.51. The van der Waals surface area contributed by atoms with Gasteiger partial charge in [0.2, 0.25) is 0 Å². The van der Waals surface area contributed by atoms with Gasteiger partial charge in [0, 0.05) is 10.4 Å². The lowest BCUT2D eigenvalue weighted by atomic mass is 10.0. The Labute approximate surface area is 160 Å². The Morgan fingerprint density at radius 3 is 2.59 bits per heavy atom. The van der Waals surface area contributed by atoms with E-state index >= 15 is 0 Å². The first kappa shape index (κ1) is 19.2. The number of esters is 1. The maximum absolute atomic E-state index is 13.3. The summed E-state index contributed by atoms with van der Waals surface area (Å²) in [6, 6.07) is 6.01. The summed E-state index contributed by atoms with van der Waals surface area (Å²) in [6.45, 7) is 7.15. The average molecular weight is 388 g/mol. The number of benzene rings is 1. The topological polar surface area (TPSA) is 61.2 Å². The van der Waals surface area contributed by atoms with Crippen molar-refractivity contribution in [2.45, 2.75) is 46.8 Å². The minimum atomic E-state index is -0.467. The number of aryl methyl sites for hydroxylation is 2. The maximum atomic E-state index is 13.3. The highest BCUT2D eigenvalue weighted by molar-refractivity contribution is 7.19. The molecule has 1 aromatic carbocycles. The Balaban J connectivity index is 2.12. The second kappa shape index (κ2) is 7.60. The standard InChI is InChI=1S/C20H21FN2O3S/c1-5-11(2)26-16(24)10-23-13(4)22-19-18(20(23)25)17(12(3)27-19)14-6-8-15(21)9-7-14/h6-9,11H,5,10H2,1-4H3. The molecule has 142 valence electrons. The molecular weight excluding hydrogens is 367 g/mol. The summed E-state index contributed by atoms with van der Waals surface area (Å²) in [5.41, 5.74) is 1.19. The lowest BCUT2D eigenvalue weighted by Gasteiger charge is -2.13. The number of fused-ring (bicyclic) bond motifs is 1. The van der Waals surface area contributed by atoms with Crippen LogP contribution < -0.4 is 5.56 Å². The predicted octanol–water partition coefficient (Wildman–Crippen LogP) is 4.22. The highest BCUT2D eigenvalue weighted by Gasteiger charge is 2.20. The molecule has 3 rings (SSSR count). The van der Waals surface area contributed by atoms with E-state index in [0.29, 0.717) is 22.5 Å². The van der Waals surface area contributed by atoms with E-state index in [0.717, 1.165) is 16.0 Å².